The summed E-state index contributed by atoms with van der Waals surface area (Å²) >= 11 is 24.4. The number of aromatic nitrogens is 2. The van der Waals surface area contributed by atoms with E-state index >= 15 is 0 Å². The van der Waals surface area contributed by atoms with Gasteiger partial charge in [0.15, 0.2) is 23.0 Å². The van der Waals surface area contributed by atoms with E-state index in [1.54, 1.807) is 61.7 Å². The van der Waals surface area contributed by atoms with E-state index in [9.17, 15) is 4.79 Å². The molecule has 2 fully saturated rings. The SMILES string of the molecule is [C-]#[N+]c1cnc2cc(OC)c(OC3CCN(C(=O)OC(C)(C)C)CC3)cc2c1Nc1ccc(Cl)c(Cl)c1.[C-]#[N+]c1cnc2cc(OC)c(OC3CCNCC3)cc2c1Nc1ccc(Cl)c(Cl)c1. The second-order valence-corrected chi connectivity index (χ2v) is 18.3. The molecule has 4 heterocycles. The van der Waals surface area contributed by atoms with Crippen LogP contribution in [0.4, 0.5) is 38.9 Å². The Balaban J connectivity index is 0.000000203. The number of nitrogens with zero attached hydrogens (tertiary/aromatic N) is 5. The molecule has 2 saturated heterocycles. The molecule has 0 atom stereocenters. The highest BCUT2D eigenvalue weighted by Gasteiger charge is 2.29. The lowest BCUT2D eigenvalue weighted by Gasteiger charge is -2.33. The summed E-state index contributed by atoms with van der Waals surface area (Å²) in [7, 11) is 3.18. The molecular formula is C49H48Cl4N8O6. The number of pyridine rings is 2. The van der Waals surface area contributed by atoms with Gasteiger partial charge in [0.25, 0.3) is 0 Å². The summed E-state index contributed by atoms with van der Waals surface area (Å²) in [4.78, 5) is 30.3. The average molecular weight is 987 g/mol. The number of carbonyl (C=O) groups is 1. The zero-order chi connectivity index (χ0) is 47.8. The van der Waals surface area contributed by atoms with Crippen LogP contribution in [-0.4, -0.2) is 79.2 Å². The molecule has 2 aliphatic heterocycles. The molecule has 0 radical (unpaired) electrons. The van der Waals surface area contributed by atoms with Crippen molar-refractivity contribution in [2.24, 2.45) is 0 Å². The smallest absolute Gasteiger partial charge is 0.410 e. The van der Waals surface area contributed by atoms with Crippen LogP contribution in [0.2, 0.25) is 20.1 Å². The number of anilines is 4. The summed E-state index contributed by atoms with van der Waals surface area (Å²) in [5.41, 5.74) is 4.14. The molecular weight excluding hydrogens is 938 g/mol. The Kier molecular flexibility index (Phi) is 15.8. The zero-order valence-electron chi connectivity index (χ0n) is 37.4. The van der Waals surface area contributed by atoms with E-state index in [0.717, 1.165) is 37.0 Å². The molecule has 14 nitrogen and oxygen atoms in total. The molecule has 0 unspecified atom stereocenters. The van der Waals surface area contributed by atoms with Gasteiger partial charge in [-0.3, -0.25) is 9.97 Å². The lowest BCUT2D eigenvalue weighted by molar-refractivity contribution is 0.0124. The van der Waals surface area contributed by atoms with Crippen molar-refractivity contribution in [2.75, 3.05) is 51.0 Å². The fourth-order valence-corrected chi connectivity index (χ4v) is 8.10. The Labute approximate surface area is 409 Å². The van der Waals surface area contributed by atoms with Crippen molar-refractivity contribution in [3.63, 3.8) is 0 Å². The van der Waals surface area contributed by atoms with Gasteiger partial charge in [-0.2, -0.15) is 0 Å². The molecule has 1 amide bonds. The van der Waals surface area contributed by atoms with E-state index in [2.05, 4.69) is 35.6 Å². The van der Waals surface area contributed by atoms with Crippen LogP contribution in [0.1, 0.15) is 46.5 Å². The molecule has 2 aliphatic rings. The normalized spacial score (nSPS) is 14.3. The van der Waals surface area contributed by atoms with Gasteiger partial charge in [0.1, 0.15) is 17.8 Å². The molecule has 348 valence electrons. The van der Waals surface area contributed by atoms with Crippen molar-refractivity contribution in [2.45, 2.75) is 64.3 Å². The van der Waals surface area contributed by atoms with Crippen LogP contribution < -0.4 is 34.9 Å². The lowest BCUT2D eigenvalue weighted by Crippen LogP contribution is -2.44. The first kappa shape index (κ1) is 48.8. The number of likely N-dealkylation sites (tertiary alicyclic amines) is 1. The summed E-state index contributed by atoms with van der Waals surface area (Å²) in [5.74, 6) is 2.32. The number of rotatable bonds is 10. The van der Waals surface area contributed by atoms with E-state index in [0.29, 0.717) is 114 Å². The standard InChI is InChI=1S/C27H28Cl2N4O4.C22H20Cl2N4O2/c1-27(2,3)37-26(34)33-10-8-17(9-11-33)36-24-13-18-21(14-23(24)35-5)31-15-22(30-4)25(18)32-16-6-7-19(28)20(29)12-16;1-25-19-12-27-18-11-20(29-2)21(30-14-5-7-26-8-6-14)10-15(18)22(19)28-13-3-4-16(23)17(24)9-13/h6-7,12-15,17H,8-11H2,1-3,5H3,(H,31,32);3-4,9-12,14,26H,5-8H2,2H3,(H,27,28). The summed E-state index contributed by atoms with van der Waals surface area (Å²) in [5, 5.41) is 13.1. The number of fused-ring (bicyclic) bond motifs is 2. The maximum atomic E-state index is 12.4. The Morgan fingerprint density at radius 3 is 1.52 bits per heavy atom. The number of carbonyl (C=O) groups excluding carboxylic acids is 1. The summed E-state index contributed by atoms with van der Waals surface area (Å²) in [6, 6.07) is 17.7. The van der Waals surface area contributed by atoms with Gasteiger partial charge >= 0.3 is 6.09 Å². The number of nitrogens with one attached hydrogen (secondary N) is 3. The molecule has 0 saturated carbocycles. The Morgan fingerprint density at radius 1 is 0.672 bits per heavy atom. The third-order valence-electron chi connectivity index (χ3n) is 10.9. The molecule has 67 heavy (non-hydrogen) atoms. The van der Waals surface area contributed by atoms with E-state index < -0.39 is 5.60 Å². The van der Waals surface area contributed by atoms with Crippen molar-refractivity contribution in [3.05, 3.63) is 116 Å². The molecule has 0 bridgehead atoms. The van der Waals surface area contributed by atoms with Crippen LogP contribution in [0.3, 0.4) is 0 Å². The topological polar surface area (TPSA) is 137 Å². The molecule has 4 aromatic carbocycles. The number of amides is 1. The molecule has 3 N–H and O–H groups in total. The van der Waals surface area contributed by atoms with E-state index in [-0.39, 0.29) is 18.3 Å². The van der Waals surface area contributed by atoms with Gasteiger partial charge in [-0.25, -0.2) is 14.5 Å². The van der Waals surface area contributed by atoms with Crippen molar-refractivity contribution in [3.8, 4) is 23.0 Å². The van der Waals surface area contributed by atoms with Crippen molar-refractivity contribution >= 4 is 108 Å². The van der Waals surface area contributed by atoms with Crippen LogP contribution >= 0.6 is 46.4 Å². The number of halogens is 4. The third kappa shape index (κ3) is 12.1. The molecule has 8 rings (SSSR count). The number of methoxy groups -OCH3 is 2. The lowest BCUT2D eigenvalue weighted by atomic mass is 10.1. The van der Waals surface area contributed by atoms with Gasteiger partial charge in [0.2, 0.25) is 11.4 Å². The van der Waals surface area contributed by atoms with Gasteiger partial charge in [-0.15, -0.1) is 0 Å². The van der Waals surface area contributed by atoms with Gasteiger partial charge in [0, 0.05) is 72.6 Å². The Bertz CT molecular complexity index is 2870. The second-order valence-electron chi connectivity index (χ2n) is 16.7. The average Bonchev–Trinajstić information content (AvgIpc) is 3.31. The monoisotopic (exact) mass is 984 g/mol. The van der Waals surface area contributed by atoms with Crippen molar-refractivity contribution in [1.29, 1.82) is 0 Å². The highest BCUT2D eigenvalue weighted by molar-refractivity contribution is 6.42. The Hall–Kier alpha value is -6.13. The van der Waals surface area contributed by atoms with Crippen LogP contribution in [0, 0.1) is 13.1 Å². The number of hydrogen-bond acceptors (Lipinski definition) is 11. The largest absolute Gasteiger partial charge is 0.493 e. The first-order valence-corrected chi connectivity index (χ1v) is 22.9. The van der Waals surface area contributed by atoms with Crippen molar-refractivity contribution in [1.82, 2.24) is 20.2 Å². The maximum absolute atomic E-state index is 12.4. The molecule has 0 aliphatic carbocycles. The highest BCUT2D eigenvalue weighted by atomic mass is 35.5. The minimum atomic E-state index is -0.537. The van der Waals surface area contributed by atoms with Gasteiger partial charge in [0.05, 0.1) is 69.9 Å². The van der Waals surface area contributed by atoms with E-state index in [4.69, 9.17) is 83.2 Å². The summed E-state index contributed by atoms with van der Waals surface area (Å²) in [6.45, 7) is 23.7. The van der Waals surface area contributed by atoms with Crippen molar-refractivity contribution < 1.29 is 28.5 Å². The van der Waals surface area contributed by atoms with E-state index in [1.807, 2.05) is 45.0 Å². The highest BCUT2D eigenvalue weighted by Crippen LogP contribution is 2.43. The second kappa shape index (κ2) is 21.7. The summed E-state index contributed by atoms with van der Waals surface area (Å²) in [6.07, 6.45) is 5.89. The Morgan fingerprint density at radius 2 is 1.12 bits per heavy atom. The molecule has 18 heteroatoms. The predicted molar refractivity (Wildman–Crippen MR) is 267 cm³/mol. The number of hydrogen-bond donors (Lipinski definition) is 3. The van der Waals surface area contributed by atoms with Crippen LogP contribution in [0.25, 0.3) is 31.5 Å². The van der Waals surface area contributed by atoms with Gasteiger partial charge in [-0.1, -0.05) is 46.4 Å². The predicted octanol–water partition coefficient (Wildman–Crippen LogP) is 13.6. The van der Waals surface area contributed by atoms with Crippen LogP contribution in [0.5, 0.6) is 23.0 Å². The maximum Gasteiger partial charge on any atom is 0.410 e. The third-order valence-corrected chi connectivity index (χ3v) is 12.3. The van der Waals surface area contributed by atoms with E-state index in [1.165, 1.54) is 6.20 Å². The molecule has 6 aromatic rings. The summed E-state index contributed by atoms with van der Waals surface area (Å²) < 4.78 is 29.2. The molecule has 2 aromatic heterocycles. The minimum absolute atomic E-state index is 0.112. The van der Waals surface area contributed by atoms with Crippen LogP contribution in [-0.2, 0) is 4.74 Å². The first-order valence-electron chi connectivity index (χ1n) is 21.4. The number of piperidine rings is 2. The fraction of sp³-hybridized carbons (Fsp3) is 0.327. The van der Waals surface area contributed by atoms with Gasteiger partial charge < -0.3 is 44.5 Å². The molecule has 0 spiro atoms. The number of benzene rings is 4. The van der Waals surface area contributed by atoms with Crippen LogP contribution in [0.15, 0.2) is 73.1 Å². The van der Waals surface area contributed by atoms with Gasteiger partial charge in [-0.05, 0) is 95.2 Å². The fourth-order valence-electron chi connectivity index (χ4n) is 7.51. The minimum Gasteiger partial charge on any atom is -0.493 e. The first-order chi connectivity index (χ1) is 32.2. The number of ether oxygens (including phenoxy) is 5. The quantitative estimate of drug-likeness (QED) is 0.113. The zero-order valence-corrected chi connectivity index (χ0v) is 40.5.